The molecular weight excluding hydrogens is 332 g/mol. The van der Waals surface area contributed by atoms with Gasteiger partial charge in [-0.2, -0.15) is 5.48 Å². The van der Waals surface area contributed by atoms with Crippen molar-refractivity contribution < 1.29 is 24.0 Å². The third-order valence-electron chi connectivity index (χ3n) is 2.87. The van der Waals surface area contributed by atoms with Crippen LogP contribution in [-0.2, 0) is 27.5 Å². The van der Waals surface area contributed by atoms with E-state index in [1.54, 1.807) is 24.3 Å². The largest absolute Gasteiger partial charge is 0.444 e. The van der Waals surface area contributed by atoms with Crippen molar-refractivity contribution in [2.24, 2.45) is 0 Å². The summed E-state index contributed by atoms with van der Waals surface area (Å²) < 4.78 is 5.07. The Labute approximate surface area is 142 Å². The number of carbonyl (C=O) groups excluding carboxylic acids is 3. The molecule has 126 valence electrons. The molecule has 7 nitrogen and oxygen atoms in total. The van der Waals surface area contributed by atoms with E-state index < -0.39 is 18.0 Å². The molecule has 1 aromatic heterocycles. The normalized spacial score (nSPS) is 9.88. The van der Waals surface area contributed by atoms with Crippen molar-refractivity contribution in [1.29, 1.82) is 0 Å². The van der Waals surface area contributed by atoms with Gasteiger partial charge in [0.05, 0.1) is 0 Å². The number of alkyl carbamates (subject to hydrolysis) is 1. The fourth-order valence-electron chi connectivity index (χ4n) is 1.71. The third kappa shape index (κ3) is 5.73. The van der Waals surface area contributed by atoms with Gasteiger partial charge in [0.25, 0.3) is 5.91 Å². The first-order chi connectivity index (χ1) is 11.5. The molecule has 1 aromatic carbocycles. The minimum atomic E-state index is -0.606. The predicted octanol–water partition coefficient (Wildman–Crippen LogP) is 2.38. The van der Waals surface area contributed by atoms with Crippen molar-refractivity contribution in [3.8, 4) is 0 Å². The Hall–Kier alpha value is -2.87. The summed E-state index contributed by atoms with van der Waals surface area (Å²) in [4.78, 5) is 39.2. The van der Waals surface area contributed by atoms with Crippen molar-refractivity contribution >= 4 is 29.3 Å². The van der Waals surface area contributed by atoms with Gasteiger partial charge in [0, 0.05) is 23.9 Å². The second-order valence-corrected chi connectivity index (χ2v) is 5.76. The molecule has 0 aliphatic carbocycles. The van der Waals surface area contributed by atoms with Crippen LogP contribution in [0.1, 0.15) is 27.7 Å². The lowest BCUT2D eigenvalue weighted by Gasteiger charge is -2.07. The summed E-state index contributed by atoms with van der Waals surface area (Å²) in [7, 11) is 0. The van der Waals surface area contributed by atoms with Crippen molar-refractivity contribution in [2.45, 2.75) is 20.1 Å². The smallest absolute Gasteiger partial charge is 0.407 e. The van der Waals surface area contributed by atoms with Crippen molar-refractivity contribution in [3.63, 3.8) is 0 Å². The van der Waals surface area contributed by atoms with Crippen LogP contribution in [0.2, 0.25) is 0 Å². The molecule has 2 N–H and O–H groups in total. The zero-order valence-corrected chi connectivity index (χ0v) is 13.7. The lowest BCUT2D eigenvalue weighted by Crippen LogP contribution is -2.26. The number of benzene rings is 1. The Morgan fingerprint density at radius 3 is 2.50 bits per heavy atom. The maximum absolute atomic E-state index is 11.6. The Bertz CT molecular complexity index is 698. The molecule has 0 spiro atoms. The Kier molecular flexibility index (Phi) is 6.32. The molecule has 0 saturated carbocycles. The number of rotatable bonds is 5. The summed E-state index contributed by atoms with van der Waals surface area (Å²) in [6.07, 6.45) is -0.514. The highest BCUT2D eigenvalue weighted by atomic mass is 32.1. The van der Waals surface area contributed by atoms with Gasteiger partial charge in [-0.1, -0.05) is 18.2 Å². The van der Waals surface area contributed by atoms with Crippen molar-refractivity contribution in [3.05, 3.63) is 57.8 Å². The van der Waals surface area contributed by atoms with Gasteiger partial charge in [-0.05, 0) is 29.1 Å². The summed E-state index contributed by atoms with van der Waals surface area (Å²) in [5.41, 5.74) is 3.15. The van der Waals surface area contributed by atoms with Gasteiger partial charge >= 0.3 is 12.1 Å². The SMILES string of the molecule is CC(=O)ONC(=O)c1ccc(CNC(=O)OCc2cccs2)cc1. The fourth-order valence-corrected chi connectivity index (χ4v) is 2.32. The van der Waals surface area contributed by atoms with Gasteiger partial charge in [0.1, 0.15) is 6.61 Å². The Morgan fingerprint density at radius 1 is 1.12 bits per heavy atom. The van der Waals surface area contributed by atoms with Crippen LogP contribution in [0.4, 0.5) is 4.79 Å². The highest BCUT2D eigenvalue weighted by Gasteiger charge is 2.07. The number of carbonyl (C=O) groups is 3. The molecule has 0 radical (unpaired) electrons. The minimum Gasteiger partial charge on any atom is -0.444 e. The molecule has 8 heteroatoms. The summed E-state index contributed by atoms with van der Waals surface area (Å²) in [5, 5.41) is 4.54. The van der Waals surface area contributed by atoms with Crippen LogP contribution in [0.5, 0.6) is 0 Å². The van der Waals surface area contributed by atoms with E-state index in [9.17, 15) is 14.4 Å². The van der Waals surface area contributed by atoms with Crippen LogP contribution in [0, 0.1) is 0 Å². The van der Waals surface area contributed by atoms with E-state index in [1.165, 1.54) is 18.3 Å². The summed E-state index contributed by atoms with van der Waals surface area (Å²) in [5.74, 6) is -1.13. The quantitative estimate of drug-likeness (QED) is 0.809. The predicted molar refractivity (Wildman–Crippen MR) is 87.0 cm³/mol. The average Bonchev–Trinajstić information content (AvgIpc) is 3.10. The number of ether oxygens (including phenoxy) is 1. The van der Waals surface area contributed by atoms with E-state index in [0.717, 1.165) is 10.4 Å². The number of nitrogens with one attached hydrogen (secondary N) is 2. The number of hydroxylamine groups is 1. The van der Waals surface area contributed by atoms with E-state index in [0.29, 0.717) is 5.56 Å². The highest BCUT2D eigenvalue weighted by Crippen LogP contribution is 2.09. The van der Waals surface area contributed by atoms with Gasteiger partial charge in [-0.25, -0.2) is 4.79 Å². The van der Waals surface area contributed by atoms with Crippen LogP contribution in [-0.4, -0.2) is 18.0 Å². The molecular formula is C16H16N2O5S. The van der Waals surface area contributed by atoms with Gasteiger partial charge in [-0.15, -0.1) is 11.3 Å². The Balaban J connectivity index is 1.75. The maximum atomic E-state index is 11.6. The highest BCUT2D eigenvalue weighted by molar-refractivity contribution is 7.09. The van der Waals surface area contributed by atoms with Gasteiger partial charge in [0.2, 0.25) is 0 Å². The molecule has 2 amide bonds. The van der Waals surface area contributed by atoms with Gasteiger partial charge in [0.15, 0.2) is 0 Å². The topological polar surface area (TPSA) is 93.7 Å². The number of amides is 2. The van der Waals surface area contributed by atoms with Gasteiger partial charge < -0.3 is 14.9 Å². The first kappa shape index (κ1) is 17.5. The standard InChI is InChI=1S/C16H16N2O5S/c1-11(19)23-18-15(20)13-6-4-12(5-7-13)9-17-16(21)22-10-14-3-2-8-24-14/h2-8H,9-10H2,1H3,(H,17,21)(H,18,20). The molecule has 24 heavy (non-hydrogen) atoms. The van der Waals surface area contributed by atoms with E-state index in [2.05, 4.69) is 10.2 Å². The molecule has 0 unspecified atom stereocenters. The molecule has 0 atom stereocenters. The zero-order valence-electron chi connectivity index (χ0n) is 12.9. The molecule has 1 heterocycles. The van der Waals surface area contributed by atoms with Crippen molar-refractivity contribution in [2.75, 3.05) is 0 Å². The number of thiophene rings is 1. The van der Waals surface area contributed by atoms with Crippen LogP contribution < -0.4 is 10.8 Å². The minimum absolute atomic E-state index is 0.235. The summed E-state index contributed by atoms with van der Waals surface area (Å²) in [6.45, 7) is 1.69. The van der Waals surface area contributed by atoms with Crippen molar-refractivity contribution in [1.82, 2.24) is 10.8 Å². The molecule has 0 bridgehead atoms. The monoisotopic (exact) mass is 348 g/mol. The first-order valence-electron chi connectivity index (χ1n) is 7.04. The molecule has 0 aliphatic heterocycles. The molecule has 0 fully saturated rings. The van der Waals surface area contributed by atoms with E-state index >= 15 is 0 Å². The van der Waals surface area contributed by atoms with E-state index in [1.807, 2.05) is 23.0 Å². The summed E-state index contributed by atoms with van der Waals surface area (Å²) >= 11 is 1.52. The second-order valence-electron chi connectivity index (χ2n) is 4.73. The molecule has 0 saturated heterocycles. The van der Waals surface area contributed by atoms with E-state index in [4.69, 9.17) is 4.74 Å². The second kappa shape index (κ2) is 8.68. The van der Waals surface area contributed by atoms with Crippen LogP contribution in [0.3, 0.4) is 0 Å². The number of hydrogen-bond acceptors (Lipinski definition) is 6. The van der Waals surface area contributed by atoms with Gasteiger partial charge in [-0.3, -0.25) is 9.59 Å². The third-order valence-corrected chi connectivity index (χ3v) is 3.72. The zero-order chi connectivity index (χ0) is 17.4. The van der Waals surface area contributed by atoms with E-state index in [-0.39, 0.29) is 13.2 Å². The lowest BCUT2D eigenvalue weighted by atomic mass is 10.1. The first-order valence-corrected chi connectivity index (χ1v) is 7.92. The fraction of sp³-hybridized carbons (Fsp3) is 0.188. The molecule has 2 aromatic rings. The average molecular weight is 348 g/mol. The number of hydrogen-bond donors (Lipinski definition) is 2. The summed E-state index contributed by atoms with van der Waals surface area (Å²) in [6, 6.07) is 10.3. The molecule has 2 rings (SSSR count). The van der Waals surface area contributed by atoms with Crippen LogP contribution >= 0.6 is 11.3 Å². The lowest BCUT2D eigenvalue weighted by molar-refractivity contribution is -0.146. The van der Waals surface area contributed by atoms with Crippen LogP contribution in [0.25, 0.3) is 0 Å². The van der Waals surface area contributed by atoms with Crippen LogP contribution in [0.15, 0.2) is 41.8 Å². The molecule has 0 aliphatic rings. The maximum Gasteiger partial charge on any atom is 0.407 e. The Morgan fingerprint density at radius 2 is 1.88 bits per heavy atom.